The van der Waals surface area contributed by atoms with Crippen LogP contribution in [0.5, 0.6) is 0 Å². The number of benzene rings is 2. The molecule has 0 aliphatic rings. The van der Waals surface area contributed by atoms with E-state index in [0.29, 0.717) is 16.3 Å². The average molecular weight is 525 g/mol. The third kappa shape index (κ3) is 7.23. The van der Waals surface area contributed by atoms with Crippen LogP contribution in [0.15, 0.2) is 48.5 Å². The molecule has 2 amide bonds. The molecule has 36 heavy (non-hydrogen) atoms. The summed E-state index contributed by atoms with van der Waals surface area (Å²) in [6.45, 7) is 4.66. The molecule has 1 N–H and O–H groups in total. The highest BCUT2D eigenvalue weighted by atomic mass is 32.2. The molecule has 0 bridgehead atoms. The summed E-state index contributed by atoms with van der Waals surface area (Å²) in [5.74, 6) is -2.38. The Morgan fingerprint density at radius 2 is 1.58 bits per heavy atom. The number of hydrogen-bond acceptors (Lipinski definition) is 4. The number of carbonyl (C=O) groups is 2. The van der Waals surface area contributed by atoms with Gasteiger partial charge in [-0.1, -0.05) is 38.1 Å². The summed E-state index contributed by atoms with van der Waals surface area (Å²) < 4.78 is 55.9. The van der Waals surface area contributed by atoms with Crippen molar-refractivity contribution >= 4 is 27.7 Å². The summed E-state index contributed by atoms with van der Waals surface area (Å²) in [6, 6.07) is 9.62. The Labute approximate surface area is 212 Å². The highest BCUT2D eigenvalue weighted by Crippen LogP contribution is 2.24. The normalized spacial score (nSPS) is 13.2. The summed E-state index contributed by atoms with van der Waals surface area (Å²) in [7, 11) is -1.72. The highest BCUT2D eigenvalue weighted by Gasteiger charge is 2.34. The topological polar surface area (TPSA) is 90.0 Å². The second kappa shape index (κ2) is 12.8. The van der Waals surface area contributed by atoms with E-state index in [9.17, 15) is 26.8 Å². The SMILES string of the molecule is CC[C@@H](C)NC(=O)[C@H](CC)N(Cc1ccc(F)cc1)C(=O)CN(c1ccccc1F)S(=O)(=O)N(C)C. The summed E-state index contributed by atoms with van der Waals surface area (Å²) >= 11 is 0. The number of rotatable bonds is 12. The van der Waals surface area contributed by atoms with Gasteiger partial charge in [0.05, 0.1) is 5.69 Å². The van der Waals surface area contributed by atoms with E-state index in [1.54, 1.807) is 6.92 Å². The van der Waals surface area contributed by atoms with Crippen LogP contribution in [0.3, 0.4) is 0 Å². The minimum absolute atomic E-state index is 0.0708. The summed E-state index contributed by atoms with van der Waals surface area (Å²) in [4.78, 5) is 28.0. The number of carbonyl (C=O) groups excluding carboxylic acids is 2. The molecule has 0 aliphatic carbocycles. The lowest BCUT2D eigenvalue weighted by atomic mass is 10.1. The molecule has 0 unspecified atom stereocenters. The van der Waals surface area contributed by atoms with Gasteiger partial charge in [0.1, 0.15) is 24.2 Å². The van der Waals surface area contributed by atoms with Crippen molar-refractivity contribution in [3.05, 3.63) is 65.7 Å². The molecule has 0 aliphatic heterocycles. The molecule has 0 saturated carbocycles. The zero-order chi connectivity index (χ0) is 27.0. The number of para-hydroxylation sites is 1. The Balaban J connectivity index is 2.51. The molecule has 2 rings (SSSR count). The molecule has 11 heteroatoms. The van der Waals surface area contributed by atoms with Gasteiger partial charge in [0, 0.05) is 26.7 Å². The van der Waals surface area contributed by atoms with E-state index in [1.165, 1.54) is 61.5 Å². The van der Waals surface area contributed by atoms with Crippen LogP contribution >= 0.6 is 0 Å². The highest BCUT2D eigenvalue weighted by molar-refractivity contribution is 7.90. The second-order valence-corrected chi connectivity index (χ2v) is 10.7. The van der Waals surface area contributed by atoms with Crippen molar-refractivity contribution in [2.24, 2.45) is 0 Å². The smallest absolute Gasteiger partial charge is 0.304 e. The van der Waals surface area contributed by atoms with Crippen molar-refractivity contribution in [1.29, 1.82) is 0 Å². The largest absolute Gasteiger partial charge is 0.352 e. The van der Waals surface area contributed by atoms with E-state index < -0.39 is 46.2 Å². The molecule has 0 aromatic heterocycles. The molecule has 8 nitrogen and oxygen atoms in total. The number of halogens is 2. The fourth-order valence-corrected chi connectivity index (χ4v) is 4.57. The van der Waals surface area contributed by atoms with Gasteiger partial charge in [-0.05, 0) is 49.6 Å². The first-order valence-corrected chi connectivity index (χ1v) is 13.1. The minimum atomic E-state index is -4.27. The van der Waals surface area contributed by atoms with Crippen molar-refractivity contribution in [2.45, 2.75) is 52.2 Å². The third-order valence-electron chi connectivity index (χ3n) is 5.79. The molecule has 2 aromatic rings. The lowest BCUT2D eigenvalue weighted by Gasteiger charge is -2.34. The van der Waals surface area contributed by atoms with E-state index in [-0.39, 0.29) is 24.7 Å². The van der Waals surface area contributed by atoms with E-state index in [2.05, 4.69) is 5.32 Å². The van der Waals surface area contributed by atoms with Crippen LogP contribution in [-0.2, 0) is 26.3 Å². The number of amides is 2. The first-order chi connectivity index (χ1) is 16.9. The summed E-state index contributed by atoms with van der Waals surface area (Å²) in [5, 5.41) is 2.86. The maximum Gasteiger partial charge on any atom is 0.304 e. The molecule has 0 saturated heterocycles. The van der Waals surface area contributed by atoms with Crippen molar-refractivity contribution in [1.82, 2.24) is 14.5 Å². The van der Waals surface area contributed by atoms with Crippen LogP contribution in [0, 0.1) is 11.6 Å². The fraction of sp³-hybridized carbons (Fsp3) is 0.440. The Kier molecular flexibility index (Phi) is 10.4. The lowest BCUT2D eigenvalue weighted by molar-refractivity contribution is -0.140. The van der Waals surface area contributed by atoms with Gasteiger partial charge in [0.2, 0.25) is 11.8 Å². The maximum absolute atomic E-state index is 14.7. The van der Waals surface area contributed by atoms with E-state index in [1.807, 2.05) is 13.8 Å². The van der Waals surface area contributed by atoms with E-state index in [4.69, 9.17) is 0 Å². The monoisotopic (exact) mass is 524 g/mol. The Morgan fingerprint density at radius 1 is 0.972 bits per heavy atom. The number of hydrogen-bond donors (Lipinski definition) is 1. The lowest BCUT2D eigenvalue weighted by Crippen LogP contribution is -2.54. The zero-order valence-electron chi connectivity index (χ0n) is 21.2. The molecule has 0 spiro atoms. The predicted molar refractivity (Wildman–Crippen MR) is 135 cm³/mol. The Morgan fingerprint density at radius 3 is 2.11 bits per heavy atom. The van der Waals surface area contributed by atoms with Gasteiger partial charge in [-0.15, -0.1) is 0 Å². The van der Waals surface area contributed by atoms with Crippen LogP contribution in [0.25, 0.3) is 0 Å². The van der Waals surface area contributed by atoms with Gasteiger partial charge < -0.3 is 10.2 Å². The molecular formula is C25H34F2N4O4S. The molecule has 0 heterocycles. The molecule has 2 atom stereocenters. The average Bonchev–Trinajstić information content (AvgIpc) is 2.83. The maximum atomic E-state index is 14.7. The van der Waals surface area contributed by atoms with Crippen LogP contribution in [0.1, 0.15) is 39.2 Å². The van der Waals surface area contributed by atoms with Crippen LogP contribution in [0.2, 0.25) is 0 Å². The first-order valence-electron chi connectivity index (χ1n) is 11.7. The fourth-order valence-electron chi connectivity index (χ4n) is 3.50. The second-order valence-electron chi connectivity index (χ2n) is 8.64. The molecule has 2 aromatic carbocycles. The quantitative estimate of drug-likeness (QED) is 0.461. The third-order valence-corrected chi connectivity index (χ3v) is 7.60. The minimum Gasteiger partial charge on any atom is -0.352 e. The van der Waals surface area contributed by atoms with Crippen molar-refractivity contribution in [2.75, 3.05) is 24.9 Å². The van der Waals surface area contributed by atoms with Gasteiger partial charge in [-0.2, -0.15) is 12.7 Å². The van der Waals surface area contributed by atoms with E-state index >= 15 is 0 Å². The van der Waals surface area contributed by atoms with Gasteiger partial charge in [-0.25, -0.2) is 13.1 Å². The Bertz CT molecular complexity index is 1140. The molecule has 198 valence electrons. The van der Waals surface area contributed by atoms with Crippen LogP contribution < -0.4 is 9.62 Å². The van der Waals surface area contributed by atoms with E-state index in [0.717, 1.165) is 10.4 Å². The van der Waals surface area contributed by atoms with Gasteiger partial charge in [0.15, 0.2) is 0 Å². The van der Waals surface area contributed by atoms with Crippen LogP contribution in [-0.4, -0.2) is 62.2 Å². The standard InChI is InChI=1S/C25H34F2N4O4S/c1-6-18(3)28-25(33)22(7-2)30(16-19-12-14-20(26)15-13-19)24(32)17-31(36(34,35)29(4)5)23-11-9-8-10-21(23)27/h8-15,18,22H,6-7,16-17H2,1-5H3,(H,28,33)/t18-,22+/m1/s1. The molecular weight excluding hydrogens is 490 g/mol. The molecule has 0 radical (unpaired) electrons. The van der Waals surface area contributed by atoms with Gasteiger partial charge in [-0.3, -0.25) is 9.59 Å². The summed E-state index contributed by atoms with van der Waals surface area (Å²) in [5.41, 5.74) is 0.255. The zero-order valence-corrected chi connectivity index (χ0v) is 22.1. The molecule has 0 fully saturated rings. The Hall–Kier alpha value is -3.05. The van der Waals surface area contributed by atoms with Crippen molar-refractivity contribution < 1.29 is 26.8 Å². The van der Waals surface area contributed by atoms with Crippen molar-refractivity contribution in [3.8, 4) is 0 Å². The number of nitrogens with zero attached hydrogens (tertiary/aromatic N) is 3. The van der Waals surface area contributed by atoms with Gasteiger partial charge >= 0.3 is 10.2 Å². The number of nitrogens with one attached hydrogen (secondary N) is 1. The predicted octanol–water partition coefficient (Wildman–Crippen LogP) is 3.30. The first kappa shape index (κ1) is 29.2. The number of anilines is 1. The van der Waals surface area contributed by atoms with Crippen molar-refractivity contribution in [3.63, 3.8) is 0 Å². The van der Waals surface area contributed by atoms with Crippen LogP contribution in [0.4, 0.5) is 14.5 Å². The van der Waals surface area contributed by atoms with Gasteiger partial charge in [0.25, 0.3) is 0 Å². The summed E-state index contributed by atoms with van der Waals surface area (Å²) in [6.07, 6.45) is 0.922.